The molecule has 0 spiro atoms. The molecule has 0 atom stereocenters. The number of furan rings is 1. The van der Waals surface area contributed by atoms with Crippen molar-refractivity contribution in [2.75, 3.05) is 38.2 Å². The van der Waals surface area contributed by atoms with Gasteiger partial charge in [-0.3, -0.25) is 4.79 Å². The van der Waals surface area contributed by atoms with Gasteiger partial charge >= 0.3 is 0 Å². The number of nitrogens with zero attached hydrogens (tertiary/aromatic N) is 2. The smallest absolute Gasteiger partial charge is 0.289 e. The molecule has 0 bridgehead atoms. The Morgan fingerprint density at radius 1 is 0.938 bits per heavy atom. The molecule has 0 saturated carbocycles. The molecule has 1 amide bonds. The van der Waals surface area contributed by atoms with Crippen molar-refractivity contribution in [1.29, 1.82) is 0 Å². The minimum atomic E-state index is -3.53. The van der Waals surface area contributed by atoms with Crippen LogP contribution in [0.5, 0.6) is 5.75 Å². The van der Waals surface area contributed by atoms with Crippen LogP contribution in [-0.2, 0) is 15.6 Å². The van der Waals surface area contributed by atoms with Gasteiger partial charge in [0, 0.05) is 31.9 Å². The van der Waals surface area contributed by atoms with Gasteiger partial charge in [0.1, 0.15) is 17.3 Å². The molecule has 32 heavy (non-hydrogen) atoms. The Bertz CT molecular complexity index is 1160. The van der Waals surface area contributed by atoms with E-state index in [9.17, 15) is 13.2 Å². The second-order valence-electron chi connectivity index (χ2n) is 7.67. The normalized spacial score (nSPS) is 14.8. The van der Waals surface area contributed by atoms with E-state index in [1.165, 1.54) is 0 Å². The number of methoxy groups -OCH3 is 1. The zero-order chi connectivity index (χ0) is 22.6. The first kappa shape index (κ1) is 22.0. The van der Waals surface area contributed by atoms with E-state index >= 15 is 0 Å². The fourth-order valence-corrected chi connectivity index (χ4v) is 5.06. The summed E-state index contributed by atoms with van der Waals surface area (Å²) in [5.74, 6) is 0.733. The molecular formula is C24H26N2O5S. The Balaban J connectivity index is 1.40. The third-order valence-electron chi connectivity index (χ3n) is 5.53. The van der Waals surface area contributed by atoms with E-state index in [0.717, 1.165) is 24.4 Å². The monoisotopic (exact) mass is 454 g/mol. The summed E-state index contributed by atoms with van der Waals surface area (Å²) in [6, 6.07) is 19.2. The molecule has 2 heterocycles. The lowest BCUT2D eigenvalue weighted by molar-refractivity contribution is 0.0733. The van der Waals surface area contributed by atoms with Gasteiger partial charge in [-0.2, -0.15) is 0 Å². The van der Waals surface area contributed by atoms with E-state index in [2.05, 4.69) is 4.90 Å². The summed E-state index contributed by atoms with van der Waals surface area (Å²) in [7, 11) is -1.89. The van der Waals surface area contributed by atoms with Gasteiger partial charge in [0.15, 0.2) is 15.6 Å². The Morgan fingerprint density at radius 2 is 1.69 bits per heavy atom. The van der Waals surface area contributed by atoms with Gasteiger partial charge in [-0.25, -0.2) is 8.42 Å². The molecule has 1 aliphatic rings. The first-order chi connectivity index (χ1) is 15.5. The van der Waals surface area contributed by atoms with Crippen LogP contribution in [0.1, 0.15) is 22.7 Å². The van der Waals surface area contributed by atoms with Crippen LogP contribution >= 0.6 is 0 Å². The average Bonchev–Trinajstić information content (AvgIpc) is 3.13. The van der Waals surface area contributed by atoms with Crippen LogP contribution in [0.2, 0.25) is 0 Å². The number of rotatable bonds is 6. The van der Waals surface area contributed by atoms with E-state index in [-0.39, 0.29) is 28.1 Å². The molecule has 7 nitrogen and oxygen atoms in total. The Kier molecular flexibility index (Phi) is 6.50. The minimum Gasteiger partial charge on any atom is -0.497 e. The van der Waals surface area contributed by atoms with Crippen molar-refractivity contribution in [2.24, 2.45) is 0 Å². The van der Waals surface area contributed by atoms with E-state index in [0.29, 0.717) is 19.6 Å². The van der Waals surface area contributed by atoms with Crippen molar-refractivity contribution >= 4 is 21.4 Å². The number of hydrogen-bond acceptors (Lipinski definition) is 6. The third kappa shape index (κ3) is 4.96. The quantitative estimate of drug-likeness (QED) is 0.566. The SMILES string of the molecule is COc1ccc(N2CCCN(C(=O)c3ccc(CS(=O)(=O)c4ccccc4)o3)CC2)cc1. The fourth-order valence-electron chi connectivity index (χ4n) is 3.80. The Morgan fingerprint density at radius 3 is 2.41 bits per heavy atom. The van der Waals surface area contributed by atoms with Gasteiger partial charge in [0.2, 0.25) is 0 Å². The molecule has 168 valence electrons. The standard InChI is InChI=1S/C24H26N2O5S/c1-30-20-10-8-19(9-11-20)25-14-5-15-26(17-16-25)24(27)23-13-12-21(31-23)18-32(28,29)22-6-3-2-4-7-22/h2-4,6-13H,5,14-18H2,1H3. The van der Waals surface area contributed by atoms with Crippen LogP contribution in [0.15, 0.2) is 76.0 Å². The molecule has 0 N–H and O–H groups in total. The third-order valence-corrected chi connectivity index (χ3v) is 7.18. The molecule has 0 unspecified atom stereocenters. The highest BCUT2D eigenvalue weighted by molar-refractivity contribution is 7.90. The van der Waals surface area contributed by atoms with Crippen LogP contribution in [0.3, 0.4) is 0 Å². The molecule has 0 radical (unpaired) electrons. The van der Waals surface area contributed by atoms with Gasteiger partial charge in [-0.1, -0.05) is 18.2 Å². The zero-order valence-corrected chi connectivity index (χ0v) is 18.8. The maximum atomic E-state index is 13.0. The number of amides is 1. The van der Waals surface area contributed by atoms with Gasteiger partial charge in [0.25, 0.3) is 5.91 Å². The van der Waals surface area contributed by atoms with E-state index in [1.807, 2.05) is 24.3 Å². The second-order valence-corrected chi connectivity index (χ2v) is 9.66. The first-order valence-electron chi connectivity index (χ1n) is 10.5. The molecule has 1 aromatic heterocycles. The molecule has 1 saturated heterocycles. The summed E-state index contributed by atoms with van der Waals surface area (Å²) in [5, 5.41) is 0. The Hall–Kier alpha value is -3.26. The van der Waals surface area contributed by atoms with E-state index in [4.69, 9.17) is 9.15 Å². The molecular weight excluding hydrogens is 428 g/mol. The number of benzene rings is 2. The number of carbonyl (C=O) groups excluding carboxylic acids is 1. The Labute approximate surface area is 188 Å². The van der Waals surface area contributed by atoms with Crippen LogP contribution in [0.25, 0.3) is 0 Å². The summed E-state index contributed by atoms with van der Waals surface area (Å²) in [6.45, 7) is 2.72. The predicted molar refractivity (Wildman–Crippen MR) is 122 cm³/mol. The van der Waals surface area contributed by atoms with Crippen molar-refractivity contribution in [1.82, 2.24) is 4.90 Å². The minimum absolute atomic E-state index is 0.168. The largest absolute Gasteiger partial charge is 0.497 e. The summed E-state index contributed by atoms with van der Waals surface area (Å²) in [6.07, 6.45) is 0.827. The number of anilines is 1. The van der Waals surface area contributed by atoms with Crippen molar-refractivity contribution in [3.8, 4) is 5.75 Å². The molecule has 0 aliphatic carbocycles. The summed E-state index contributed by atoms with van der Waals surface area (Å²) in [5.41, 5.74) is 1.09. The second kappa shape index (κ2) is 9.48. The number of ether oxygens (including phenoxy) is 1. The van der Waals surface area contributed by atoms with Crippen molar-refractivity contribution in [2.45, 2.75) is 17.1 Å². The van der Waals surface area contributed by atoms with Crippen LogP contribution < -0.4 is 9.64 Å². The fraction of sp³-hybridized carbons (Fsp3) is 0.292. The highest BCUT2D eigenvalue weighted by atomic mass is 32.2. The maximum Gasteiger partial charge on any atom is 0.289 e. The van der Waals surface area contributed by atoms with Gasteiger partial charge in [-0.15, -0.1) is 0 Å². The molecule has 1 fully saturated rings. The van der Waals surface area contributed by atoms with Crippen LogP contribution in [0.4, 0.5) is 5.69 Å². The molecule has 4 rings (SSSR count). The van der Waals surface area contributed by atoms with Crippen molar-refractivity contribution in [3.63, 3.8) is 0 Å². The van der Waals surface area contributed by atoms with Crippen LogP contribution in [-0.4, -0.2) is 52.5 Å². The van der Waals surface area contributed by atoms with Gasteiger partial charge in [-0.05, 0) is 55.0 Å². The highest BCUT2D eigenvalue weighted by Crippen LogP contribution is 2.22. The number of hydrogen-bond donors (Lipinski definition) is 0. The van der Waals surface area contributed by atoms with Crippen molar-refractivity contribution < 1.29 is 22.4 Å². The molecule has 8 heteroatoms. The highest BCUT2D eigenvalue weighted by Gasteiger charge is 2.24. The summed E-state index contributed by atoms with van der Waals surface area (Å²) < 4.78 is 36.0. The number of carbonyl (C=O) groups is 1. The topological polar surface area (TPSA) is 80.1 Å². The van der Waals surface area contributed by atoms with E-state index < -0.39 is 9.84 Å². The summed E-state index contributed by atoms with van der Waals surface area (Å²) >= 11 is 0. The van der Waals surface area contributed by atoms with Crippen LogP contribution in [0, 0.1) is 0 Å². The molecule has 3 aromatic rings. The number of sulfone groups is 1. The van der Waals surface area contributed by atoms with Gasteiger partial charge < -0.3 is 19.0 Å². The lowest BCUT2D eigenvalue weighted by Gasteiger charge is -2.23. The maximum absolute atomic E-state index is 13.0. The predicted octanol–water partition coefficient (Wildman–Crippen LogP) is 3.61. The molecule has 1 aliphatic heterocycles. The molecule has 2 aromatic carbocycles. The van der Waals surface area contributed by atoms with Crippen molar-refractivity contribution in [3.05, 3.63) is 78.3 Å². The van der Waals surface area contributed by atoms with E-state index in [1.54, 1.807) is 54.5 Å². The summed E-state index contributed by atoms with van der Waals surface area (Å²) in [4.78, 5) is 17.2. The lowest BCUT2D eigenvalue weighted by atomic mass is 10.2. The van der Waals surface area contributed by atoms with Gasteiger partial charge in [0.05, 0.1) is 12.0 Å². The first-order valence-corrected chi connectivity index (χ1v) is 12.2. The zero-order valence-electron chi connectivity index (χ0n) is 17.9. The lowest BCUT2D eigenvalue weighted by Crippen LogP contribution is -2.35. The average molecular weight is 455 g/mol.